The molecule has 1 amide bonds. The van der Waals surface area contributed by atoms with Gasteiger partial charge < -0.3 is 9.88 Å². The Morgan fingerprint density at radius 1 is 1.03 bits per heavy atom. The first-order valence-electron chi connectivity index (χ1n) is 11.2. The zero-order valence-electron chi connectivity index (χ0n) is 19.4. The summed E-state index contributed by atoms with van der Waals surface area (Å²) < 4.78 is 2.35. The molecule has 0 aliphatic heterocycles. The lowest BCUT2D eigenvalue weighted by Gasteiger charge is -2.19. The van der Waals surface area contributed by atoms with Crippen LogP contribution in [0.5, 0.6) is 0 Å². The summed E-state index contributed by atoms with van der Waals surface area (Å²) >= 11 is 0. The SMILES string of the molecule is C=C(C)C(=O)NCCCCCc1nc2ccccc2n1Cc1ccc(C(C)(C)C)cc1. The van der Waals surface area contributed by atoms with Gasteiger partial charge in [-0.2, -0.15) is 0 Å². The van der Waals surface area contributed by atoms with Crippen LogP contribution in [0.15, 0.2) is 60.7 Å². The highest BCUT2D eigenvalue weighted by molar-refractivity contribution is 5.92. The summed E-state index contributed by atoms with van der Waals surface area (Å²) in [5.41, 5.74) is 5.61. The van der Waals surface area contributed by atoms with Crippen molar-refractivity contribution < 1.29 is 4.79 Å². The van der Waals surface area contributed by atoms with Gasteiger partial charge in [-0.3, -0.25) is 4.79 Å². The molecule has 1 heterocycles. The van der Waals surface area contributed by atoms with E-state index in [1.165, 1.54) is 16.6 Å². The van der Waals surface area contributed by atoms with E-state index < -0.39 is 0 Å². The molecule has 0 saturated heterocycles. The molecule has 4 heteroatoms. The highest BCUT2D eigenvalue weighted by Gasteiger charge is 2.14. The Bertz CT molecular complexity index is 1040. The Balaban J connectivity index is 1.66. The van der Waals surface area contributed by atoms with E-state index in [0.717, 1.165) is 43.6 Å². The third-order valence-corrected chi connectivity index (χ3v) is 5.64. The average molecular weight is 418 g/mol. The van der Waals surface area contributed by atoms with Crippen molar-refractivity contribution in [2.75, 3.05) is 6.54 Å². The standard InChI is InChI=1S/C27H35N3O/c1-20(2)26(31)28-18-10-6-7-13-25-29-23-11-8-9-12-24(23)30(25)19-21-14-16-22(17-15-21)27(3,4)5/h8-9,11-12,14-17H,1,6-7,10,13,18-19H2,2-5H3,(H,28,31). The highest BCUT2D eigenvalue weighted by Crippen LogP contribution is 2.24. The molecule has 164 valence electrons. The number of nitrogens with one attached hydrogen (secondary N) is 1. The normalized spacial score (nSPS) is 11.6. The van der Waals surface area contributed by atoms with Crippen molar-refractivity contribution in [1.82, 2.24) is 14.9 Å². The second-order valence-electron chi connectivity index (χ2n) is 9.40. The summed E-state index contributed by atoms with van der Waals surface area (Å²) in [6, 6.07) is 17.3. The van der Waals surface area contributed by atoms with Crippen molar-refractivity contribution in [2.45, 2.75) is 65.3 Å². The second-order valence-corrected chi connectivity index (χ2v) is 9.40. The molecule has 1 aromatic heterocycles. The number of unbranched alkanes of at least 4 members (excludes halogenated alkanes) is 2. The number of amides is 1. The van der Waals surface area contributed by atoms with Crippen LogP contribution in [0.4, 0.5) is 0 Å². The molecule has 0 spiro atoms. The number of hydrogen-bond acceptors (Lipinski definition) is 2. The Kier molecular flexibility index (Phi) is 7.32. The molecule has 4 nitrogen and oxygen atoms in total. The number of para-hydroxylation sites is 2. The summed E-state index contributed by atoms with van der Waals surface area (Å²) in [6.07, 6.45) is 4.01. The fourth-order valence-electron chi connectivity index (χ4n) is 3.72. The van der Waals surface area contributed by atoms with Gasteiger partial charge in [-0.15, -0.1) is 0 Å². The molecule has 0 aliphatic carbocycles. The van der Waals surface area contributed by atoms with E-state index in [2.05, 4.69) is 79.7 Å². The summed E-state index contributed by atoms with van der Waals surface area (Å²) in [7, 11) is 0. The van der Waals surface area contributed by atoms with E-state index in [4.69, 9.17) is 4.98 Å². The number of fused-ring (bicyclic) bond motifs is 1. The molecule has 0 unspecified atom stereocenters. The van der Waals surface area contributed by atoms with E-state index in [1.54, 1.807) is 6.92 Å². The maximum Gasteiger partial charge on any atom is 0.246 e. The van der Waals surface area contributed by atoms with Gasteiger partial charge >= 0.3 is 0 Å². The van der Waals surface area contributed by atoms with Crippen LogP contribution in [0, 0.1) is 0 Å². The van der Waals surface area contributed by atoms with Gasteiger partial charge in [0.25, 0.3) is 0 Å². The molecule has 3 aromatic rings. The second kappa shape index (κ2) is 9.95. The topological polar surface area (TPSA) is 46.9 Å². The van der Waals surface area contributed by atoms with Crippen LogP contribution >= 0.6 is 0 Å². The predicted octanol–water partition coefficient (Wildman–Crippen LogP) is 5.79. The number of aromatic nitrogens is 2. The maximum atomic E-state index is 11.6. The van der Waals surface area contributed by atoms with Crippen molar-refractivity contribution in [2.24, 2.45) is 0 Å². The average Bonchev–Trinajstić information content (AvgIpc) is 3.07. The Labute approximate surface area is 186 Å². The lowest BCUT2D eigenvalue weighted by Crippen LogP contribution is -2.24. The molecule has 1 N–H and O–H groups in total. The zero-order valence-corrected chi connectivity index (χ0v) is 19.4. The minimum absolute atomic E-state index is 0.0562. The van der Waals surface area contributed by atoms with Crippen molar-refractivity contribution >= 4 is 16.9 Å². The van der Waals surface area contributed by atoms with Gasteiger partial charge in [0.15, 0.2) is 0 Å². The molecule has 0 saturated carbocycles. The Morgan fingerprint density at radius 2 is 1.74 bits per heavy atom. The van der Waals surface area contributed by atoms with Gasteiger partial charge in [-0.25, -0.2) is 4.98 Å². The molecule has 0 radical (unpaired) electrons. The first-order chi connectivity index (χ1) is 14.8. The first kappa shape index (κ1) is 22.8. The molecule has 31 heavy (non-hydrogen) atoms. The van der Waals surface area contributed by atoms with Crippen molar-refractivity contribution in [3.05, 3.63) is 77.6 Å². The van der Waals surface area contributed by atoms with Crippen LogP contribution in [-0.4, -0.2) is 22.0 Å². The lowest BCUT2D eigenvalue weighted by atomic mass is 9.87. The number of nitrogens with zero attached hydrogens (tertiary/aromatic N) is 2. The fourth-order valence-corrected chi connectivity index (χ4v) is 3.72. The number of hydrogen-bond donors (Lipinski definition) is 1. The summed E-state index contributed by atoms with van der Waals surface area (Å²) in [6.45, 7) is 13.7. The Morgan fingerprint density at radius 3 is 2.42 bits per heavy atom. The number of carbonyl (C=O) groups excluding carboxylic acids is 1. The van der Waals surface area contributed by atoms with Crippen molar-refractivity contribution in [1.29, 1.82) is 0 Å². The first-order valence-corrected chi connectivity index (χ1v) is 11.2. The van der Waals surface area contributed by atoms with Gasteiger partial charge in [0.1, 0.15) is 5.82 Å². The monoisotopic (exact) mass is 417 g/mol. The summed E-state index contributed by atoms with van der Waals surface area (Å²) in [5.74, 6) is 1.08. The molecular weight excluding hydrogens is 382 g/mol. The van der Waals surface area contributed by atoms with Gasteiger partial charge in [-0.1, -0.05) is 70.2 Å². The third-order valence-electron chi connectivity index (χ3n) is 5.64. The maximum absolute atomic E-state index is 11.6. The smallest absolute Gasteiger partial charge is 0.246 e. The number of carbonyl (C=O) groups is 1. The van der Waals surface area contributed by atoms with Gasteiger partial charge in [0.05, 0.1) is 11.0 Å². The van der Waals surface area contributed by atoms with Crippen LogP contribution < -0.4 is 5.32 Å². The van der Waals surface area contributed by atoms with E-state index in [1.807, 2.05) is 6.07 Å². The van der Waals surface area contributed by atoms with E-state index in [9.17, 15) is 4.79 Å². The molecular formula is C27H35N3O. The fraction of sp³-hybridized carbons (Fsp3) is 0.407. The molecule has 2 aromatic carbocycles. The molecule has 0 atom stereocenters. The third kappa shape index (κ3) is 6.06. The van der Waals surface area contributed by atoms with Gasteiger partial charge in [0, 0.05) is 25.1 Å². The van der Waals surface area contributed by atoms with Crippen molar-refractivity contribution in [3.63, 3.8) is 0 Å². The number of aryl methyl sites for hydroxylation is 1. The summed E-state index contributed by atoms with van der Waals surface area (Å²) in [5, 5.41) is 2.90. The number of rotatable bonds is 9. The molecule has 3 rings (SSSR count). The van der Waals surface area contributed by atoms with Crippen LogP contribution in [0.2, 0.25) is 0 Å². The van der Waals surface area contributed by atoms with Crippen molar-refractivity contribution in [3.8, 4) is 0 Å². The van der Waals surface area contributed by atoms with Crippen LogP contribution in [0.3, 0.4) is 0 Å². The molecule has 0 aliphatic rings. The van der Waals surface area contributed by atoms with E-state index >= 15 is 0 Å². The van der Waals surface area contributed by atoms with Crippen LogP contribution in [0.1, 0.15) is 63.9 Å². The molecule has 0 bridgehead atoms. The van der Waals surface area contributed by atoms with Gasteiger partial charge in [0.2, 0.25) is 5.91 Å². The van der Waals surface area contributed by atoms with E-state index in [-0.39, 0.29) is 11.3 Å². The zero-order chi connectivity index (χ0) is 22.4. The predicted molar refractivity (Wildman–Crippen MR) is 129 cm³/mol. The minimum Gasteiger partial charge on any atom is -0.352 e. The lowest BCUT2D eigenvalue weighted by molar-refractivity contribution is -0.117. The quantitative estimate of drug-likeness (QED) is 0.354. The number of imidazole rings is 1. The Hall–Kier alpha value is -2.88. The van der Waals surface area contributed by atoms with Crippen LogP contribution in [-0.2, 0) is 23.2 Å². The molecule has 0 fully saturated rings. The summed E-state index contributed by atoms with van der Waals surface area (Å²) in [4.78, 5) is 16.5. The van der Waals surface area contributed by atoms with E-state index in [0.29, 0.717) is 12.1 Å². The van der Waals surface area contributed by atoms with Crippen LogP contribution in [0.25, 0.3) is 11.0 Å². The van der Waals surface area contributed by atoms with Gasteiger partial charge in [-0.05, 0) is 48.4 Å². The minimum atomic E-state index is -0.0562. The largest absolute Gasteiger partial charge is 0.352 e. The highest BCUT2D eigenvalue weighted by atomic mass is 16.1. The number of benzene rings is 2.